The molecule has 0 spiro atoms. The minimum atomic E-state index is -0.669. The zero-order chi connectivity index (χ0) is 15.4. The van der Waals surface area contributed by atoms with Crippen molar-refractivity contribution < 1.29 is 13.9 Å². The molecule has 2 aliphatic heterocycles. The van der Waals surface area contributed by atoms with Crippen LogP contribution in [0.25, 0.3) is 0 Å². The van der Waals surface area contributed by atoms with E-state index in [0.717, 1.165) is 31.5 Å². The van der Waals surface area contributed by atoms with Crippen LogP contribution in [0.3, 0.4) is 0 Å². The smallest absolute Gasteiger partial charge is 0.231 e. The fourth-order valence-electron chi connectivity index (χ4n) is 3.45. The lowest BCUT2D eigenvalue weighted by atomic mass is 9.73. The van der Waals surface area contributed by atoms with Gasteiger partial charge in [-0.05, 0) is 49.9 Å². The summed E-state index contributed by atoms with van der Waals surface area (Å²) in [5, 5.41) is 6.47. The Hall–Kier alpha value is -1.46. The number of hydrogen-bond donors (Lipinski definition) is 2. The quantitative estimate of drug-likeness (QED) is 0.894. The summed E-state index contributed by atoms with van der Waals surface area (Å²) in [5.41, 5.74) is 0.0923. The number of benzene rings is 1. The van der Waals surface area contributed by atoms with Crippen LogP contribution in [-0.4, -0.2) is 38.3 Å². The predicted molar refractivity (Wildman–Crippen MR) is 82.2 cm³/mol. The van der Waals surface area contributed by atoms with Gasteiger partial charge in [-0.2, -0.15) is 0 Å². The van der Waals surface area contributed by atoms with Crippen molar-refractivity contribution in [3.63, 3.8) is 0 Å². The van der Waals surface area contributed by atoms with Crippen LogP contribution in [0, 0.1) is 5.82 Å². The van der Waals surface area contributed by atoms with Crippen LogP contribution >= 0.6 is 0 Å². The number of amides is 1. The molecule has 0 radical (unpaired) electrons. The third-order valence-corrected chi connectivity index (χ3v) is 4.79. The van der Waals surface area contributed by atoms with Crippen molar-refractivity contribution in [1.82, 2.24) is 10.6 Å². The van der Waals surface area contributed by atoms with Gasteiger partial charge >= 0.3 is 0 Å². The van der Waals surface area contributed by atoms with Gasteiger partial charge in [0.2, 0.25) is 5.91 Å². The summed E-state index contributed by atoms with van der Waals surface area (Å²) in [5.74, 6) is -0.286. The second-order valence-corrected chi connectivity index (χ2v) is 6.22. The summed E-state index contributed by atoms with van der Waals surface area (Å²) >= 11 is 0. The number of carbonyl (C=O) groups excluding carboxylic acids is 1. The zero-order valence-electron chi connectivity index (χ0n) is 12.7. The highest BCUT2D eigenvalue weighted by atomic mass is 19.1. The average molecular weight is 306 g/mol. The first-order chi connectivity index (χ1) is 10.7. The van der Waals surface area contributed by atoms with E-state index in [1.807, 2.05) is 6.07 Å². The number of ether oxygens (including phenoxy) is 1. The molecular formula is C17H23FN2O2. The van der Waals surface area contributed by atoms with Gasteiger partial charge in [-0.1, -0.05) is 12.1 Å². The van der Waals surface area contributed by atoms with Crippen molar-refractivity contribution in [2.24, 2.45) is 0 Å². The third kappa shape index (κ3) is 3.15. The van der Waals surface area contributed by atoms with Crippen LogP contribution in [0.1, 0.15) is 31.2 Å². The molecule has 1 atom stereocenters. The van der Waals surface area contributed by atoms with Crippen LogP contribution < -0.4 is 10.6 Å². The molecule has 4 nitrogen and oxygen atoms in total. The predicted octanol–water partition coefficient (Wildman–Crippen LogP) is 1.74. The van der Waals surface area contributed by atoms with E-state index in [1.165, 1.54) is 12.1 Å². The Kier molecular flexibility index (Phi) is 4.74. The van der Waals surface area contributed by atoms with Gasteiger partial charge in [0.25, 0.3) is 0 Å². The van der Waals surface area contributed by atoms with E-state index in [2.05, 4.69) is 10.6 Å². The summed E-state index contributed by atoms with van der Waals surface area (Å²) in [4.78, 5) is 13.0. The first-order valence-electron chi connectivity index (χ1n) is 8.06. The first kappa shape index (κ1) is 15.4. The molecule has 120 valence electrons. The number of piperidine rings is 1. The fourth-order valence-corrected chi connectivity index (χ4v) is 3.45. The molecule has 22 heavy (non-hydrogen) atoms. The normalized spacial score (nSPS) is 24.7. The maximum Gasteiger partial charge on any atom is 0.231 e. The number of rotatable bonds is 3. The van der Waals surface area contributed by atoms with Crippen molar-refractivity contribution in [3.8, 4) is 0 Å². The lowest BCUT2D eigenvalue weighted by Gasteiger charge is -2.38. The van der Waals surface area contributed by atoms with Crippen molar-refractivity contribution in [1.29, 1.82) is 0 Å². The molecule has 2 fully saturated rings. The molecule has 0 aliphatic carbocycles. The Labute approximate surface area is 130 Å². The second-order valence-electron chi connectivity index (χ2n) is 6.22. The van der Waals surface area contributed by atoms with Crippen molar-refractivity contribution in [3.05, 3.63) is 35.6 Å². The van der Waals surface area contributed by atoms with E-state index in [4.69, 9.17) is 4.74 Å². The Morgan fingerprint density at radius 3 is 2.86 bits per heavy atom. The van der Waals surface area contributed by atoms with Gasteiger partial charge in [0.1, 0.15) is 5.82 Å². The highest BCUT2D eigenvalue weighted by molar-refractivity contribution is 5.88. The largest absolute Gasteiger partial charge is 0.381 e. The lowest BCUT2D eigenvalue weighted by molar-refractivity contribution is -0.131. The molecular weight excluding hydrogens is 283 g/mol. The van der Waals surface area contributed by atoms with E-state index in [0.29, 0.717) is 26.1 Å². The van der Waals surface area contributed by atoms with Crippen LogP contribution in [0.15, 0.2) is 24.3 Å². The van der Waals surface area contributed by atoms with Gasteiger partial charge in [0.05, 0.1) is 5.41 Å². The van der Waals surface area contributed by atoms with Crippen molar-refractivity contribution in [2.45, 2.75) is 37.1 Å². The van der Waals surface area contributed by atoms with E-state index >= 15 is 0 Å². The summed E-state index contributed by atoms with van der Waals surface area (Å²) in [6.45, 7) is 2.89. The highest BCUT2D eigenvalue weighted by Gasteiger charge is 2.42. The van der Waals surface area contributed by atoms with E-state index in [-0.39, 0.29) is 17.8 Å². The molecule has 2 saturated heterocycles. The maximum absolute atomic E-state index is 13.6. The molecule has 0 bridgehead atoms. The van der Waals surface area contributed by atoms with Crippen LogP contribution in [0.2, 0.25) is 0 Å². The first-order valence-corrected chi connectivity index (χ1v) is 8.06. The number of hydrogen-bond acceptors (Lipinski definition) is 3. The lowest BCUT2D eigenvalue weighted by Crippen LogP contribution is -2.54. The van der Waals surface area contributed by atoms with Gasteiger partial charge in [0.15, 0.2) is 0 Å². The van der Waals surface area contributed by atoms with Crippen LogP contribution in [0.5, 0.6) is 0 Å². The van der Waals surface area contributed by atoms with Gasteiger partial charge in [-0.15, -0.1) is 0 Å². The molecule has 1 aromatic rings. The summed E-state index contributed by atoms with van der Waals surface area (Å²) in [6, 6.07) is 6.60. The molecule has 1 aromatic carbocycles. The Bertz CT molecular complexity index is 523. The molecule has 3 rings (SSSR count). The molecule has 2 aliphatic rings. The van der Waals surface area contributed by atoms with Gasteiger partial charge in [-0.25, -0.2) is 4.39 Å². The summed E-state index contributed by atoms with van der Waals surface area (Å²) in [7, 11) is 0. The topological polar surface area (TPSA) is 50.4 Å². The SMILES string of the molecule is O=C(NC1CCCNC1)C1(c2cccc(F)c2)CCOCC1. The highest BCUT2D eigenvalue weighted by Crippen LogP contribution is 2.35. The van der Waals surface area contributed by atoms with Crippen LogP contribution in [-0.2, 0) is 14.9 Å². The van der Waals surface area contributed by atoms with Gasteiger partial charge < -0.3 is 15.4 Å². The summed E-state index contributed by atoms with van der Waals surface area (Å²) in [6.07, 6.45) is 3.26. The Morgan fingerprint density at radius 1 is 1.36 bits per heavy atom. The van der Waals surface area contributed by atoms with E-state index in [9.17, 15) is 9.18 Å². The molecule has 1 unspecified atom stereocenters. The fraction of sp³-hybridized carbons (Fsp3) is 0.588. The average Bonchev–Trinajstić information content (AvgIpc) is 2.56. The molecule has 0 saturated carbocycles. The van der Waals surface area contributed by atoms with E-state index < -0.39 is 5.41 Å². The minimum absolute atomic E-state index is 0.00935. The Balaban J connectivity index is 1.83. The molecule has 2 N–H and O–H groups in total. The minimum Gasteiger partial charge on any atom is -0.381 e. The standard InChI is InChI=1S/C17H23FN2O2/c18-14-4-1-3-13(11-14)17(6-9-22-10-7-17)16(21)20-15-5-2-8-19-12-15/h1,3-4,11,15,19H,2,5-10,12H2,(H,20,21). The molecule has 0 aromatic heterocycles. The van der Waals surface area contributed by atoms with Gasteiger partial charge in [0, 0.05) is 25.8 Å². The zero-order valence-corrected chi connectivity index (χ0v) is 12.7. The maximum atomic E-state index is 13.6. The summed E-state index contributed by atoms with van der Waals surface area (Å²) < 4.78 is 19.1. The molecule has 5 heteroatoms. The monoisotopic (exact) mass is 306 g/mol. The number of halogens is 1. The molecule has 2 heterocycles. The van der Waals surface area contributed by atoms with Gasteiger partial charge in [-0.3, -0.25) is 4.79 Å². The van der Waals surface area contributed by atoms with Crippen molar-refractivity contribution >= 4 is 5.91 Å². The number of nitrogens with one attached hydrogen (secondary N) is 2. The van der Waals surface area contributed by atoms with Crippen molar-refractivity contribution in [2.75, 3.05) is 26.3 Å². The van der Waals surface area contributed by atoms with Crippen LogP contribution in [0.4, 0.5) is 4.39 Å². The second kappa shape index (κ2) is 6.75. The third-order valence-electron chi connectivity index (χ3n) is 4.79. The number of carbonyl (C=O) groups is 1. The Morgan fingerprint density at radius 2 is 2.18 bits per heavy atom. The van der Waals surface area contributed by atoms with E-state index in [1.54, 1.807) is 6.07 Å². The molecule has 1 amide bonds.